The number of urea groups is 1. The fourth-order valence-electron chi connectivity index (χ4n) is 1.94. The summed E-state index contributed by atoms with van der Waals surface area (Å²) in [6.07, 6.45) is 0. The highest BCUT2D eigenvalue weighted by atomic mass is 16.5. The number of fused-ring (bicyclic) bond motifs is 1. The number of hydrogen-bond donors (Lipinski definition) is 0. The molecule has 0 fully saturated rings. The number of anilines is 1. The Hall–Kier alpha value is -1.55. The van der Waals surface area contributed by atoms with Gasteiger partial charge in [0.2, 0.25) is 0 Å². The van der Waals surface area contributed by atoms with Crippen molar-refractivity contribution >= 4 is 11.7 Å². The highest BCUT2D eigenvalue weighted by Crippen LogP contribution is 2.26. The van der Waals surface area contributed by atoms with E-state index in [4.69, 9.17) is 4.74 Å². The Balaban J connectivity index is 2.21. The van der Waals surface area contributed by atoms with Gasteiger partial charge >= 0.3 is 6.03 Å². The molecule has 4 heteroatoms. The van der Waals surface area contributed by atoms with Gasteiger partial charge in [-0.25, -0.2) is 4.79 Å². The summed E-state index contributed by atoms with van der Waals surface area (Å²) in [5, 5.41) is 0. The highest BCUT2D eigenvalue weighted by molar-refractivity contribution is 5.94. The van der Waals surface area contributed by atoms with Crippen LogP contribution in [-0.2, 0) is 11.3 Å². The van der Waals surface area contributed by atoms with Crippen LogP contribution in [0, 0.1) is 0 Å². The first-order valence-corrected chi connectivity index (χ1v) is 5.33. The first-order chi connectivity index (χ1) is 7.74. The fourth-order valence-corrected chi connectivity index (χ4v) is 1.94. The lowest BCUT2D eigenvalue weighted by Crippen LogP contribution is -2.46. The summed E-state index contributed by atoms with van der Waals surface area (Å²) >= 11 is 0. The Morgan fingerprint density at radius 3 is 2.88 bits per heavy atom. The molecule has 1 aliphatic rings. The van der Waals surface area contributed by atoms with Gasteiger partial charge in [-0.2, -0.15) is 0 Å². The summed E-state index contributed by atoms with van der Waals surface area (Å²) in [5.74, 6) is 0. The van der Waals surface area contributed by atoms with E-state index in [1.165, 1.54) is 5.56 Å². The third-order valence-electron chi connectivity index (χ3n) is 2.84. The number of para-hydroxylation sites is 1. The zero-order valence-electron chi connectivity index (χ0n) is 9.64. The predicted molar refractivity (Wildman–Crippen MR) is 62.5 cm³/mol. The monoisotopic (exact) mass is 220 g/mol. The molecule has 0 bridgehead atoms. The van der Waals surface area contributed by atoms with Crippen LogP contribution in [0.3, 0.4) is 0 Å². The third-order valence-corrected chi connectivity index (χ3v) is 2.84. The molecule has 0 aliphatic carbocycles. The molecule has 0 saturated heterocycles. The number of methoxy groups -OCH3 is 1. The number of carbonyl (C=O) groups is 1. The number of amides is 2. The minimum absolute atomic E-state index is 0.0377. The van der Waals surface area contributed by atoms with E-state index < -0.39 is 0 Å². The van der Waals surface area contributed by atoms with Crippen LogP contribution in [0.2, 0.25) is 0 Å². The molecule has 2 rings (SSSR count). The van der Waals surface area contributed by atoms with Crippen LogP contribution in [0.4, 0.5) is 10.5 Å². The molecule has 16 heavy (non-hydrogen) atoms. The number of ether oxygens (including phenoxy) is 1. The summed E-state index contributed by atoms with van der Waals surface area (Å²) < 4.78 is 5.00. The molecule has 4 nitrogen and oxygen atoms in total. The maximum absolute atomic E-state index is 12.0. The number of hydrogen-bond acceptors (Lipinski definition) is 2. The zero-order chi connectivity index (χ0) is 11.5. The van der Waals surface area contributed by atoms with Gasteiger partial charge in [-0.05, 0) is 11.6 Å². The van der Waals surface area contributed by atoms with Gasteiger partial charge in [0.15, 0.2) is 0 Å². The Kier molecular flexibility index (Phi) is 3.10. The van der Waals surface area contributed by atoms with Gasteiger partial charge in [0, 0.05) is 27.2 Å². The molecule has 1 heterocycles. The van der Waals surface area contributed by atoms with Gasteiger partial charge in [-0.1, -0.05) is 18.2 Å². The Morgan fingerprint density at radius 2 is 2.12 bits per heavy atom. The minimum atomic E-state index is 0.0377. The lowest BCUT2D eigenvalue weighted by atomic mass is 10.1. The van der Waals surface area contributed by atoms with Crippen molar-refractivity contribution in [2.45, 2.75) is 6.54 Å². The van der Waals surface area contributed by atoms with E-state index in [1.54, 1.807) is 24.0 Å². The topological polar surface area (TPSA) is 32.8 Å². The molecule has 0 spiro atoms. The van der Waals surface area contributed by atoms with E-state index in [0.717, 1.165) is 5.69 Å². The number of carbonyl (C=O) groups excluding carboxylic acids is 1. The van der Waals surface area contributed by atoms with Crippen LogP contribution in [0.15, 0.2) is 24.3 Å². The van der Waals surface area contributed by atoms with Crippen LogP contribution < -0.4 is 4.90 Å². The smallest absolute Gasteiger partial charge is 0.324 e. The summed E-state index contributed by atoms with van der Waals surface area (Å²) in [7, 11) is 3.45. The van der Waals surface area contributed by atoms with Crippen LogP contribution in [0.1, 0.15) is 5.56 Å². The molecular weight excluding hydrogens is 204 g/mol. The zero-order valence-corrected chi connectivity index (χ0v) is 9.64. The average molecular weight is 220 g/mol. The second-order valence-corrected chi connectivity index (χ2v) is 3.88. The van der Waals surface area contributed by atoms with E-state index in [0.29, 0.717) is 19.7 Å². The van der Waals surface area contributed by atoms with Crippen molar-refractivity contribution in [1.82, 2.24) is 4.90 Å². The predicted octanol–water partition coefficient (Wildman–Crippen LogP) is 1.70. The lowest BCUT2D eigenvalue weighted by Gasteiger charge is -2.34. The van der Waals surface area contributed by atoms with Crippen molar-refractivity contribution in [3.63, 3.8) is 0 Å². The average Bonchev–Trinajstić information content (AvgIpc) is 2.32. The Bertz CT molecular complexity index is 392. The van der Waals surface area contributed by atoms with Gasteiger partial charge in [0.25, 0.3) is 0 Å². The molecule has 1 aromatic rings. The van der Waals surface area contributed by atoms with Crippen LogP contribution in [0.25, 0.3) is 0 Å². The van der Waals surface area contributed by atoms with Crippen molar-refractivity contribution in [1.29, 1.82) is 0 Å². The molecule has 0 unspecified atom stereocenters. The largest absolute Gasteiger partial charge is 0.383 e. The Labute approximate surface area is 95.4 Å². The molecule has 1 aromatic carbocycles. The van der Waals surface area contributed by atoms with Crippen molar-refractivity contribution in [2.75, 3.05) is 32.2 Å². The van der Waals surface area contributed by atoms with Crippen molar-refractivity contribution in [2.24, 2.45) is 0 Å². The summed E-state index contributed by atoms with van der Waals surface area (Å²) in [5.41, 5.74) is 2.18. The van der Waals surface area contributed by atoms with Crippen molar-refractivity contribution in [3.05, 3.63) is 29.8 Å². The molecule has 0 aromatic heterocycles. The van der Waals surface area contributed by atoms with Crippen molar-refractivity contribution < 1.29 is 9.53 Å². The van der Waals surface area contributed by atoms with Gasteiger partial charge in [0.05, 0.1) is 12.3 Å². The lowest BCUT2D eigenvalue weighted by molar-refractivity contribution is 0.148. The van der Waals surface area contributed by atoms with Crippen molar-refractivity contribution in [3.8, 4) is 0 Å². The molecule has 86 valence electrons. The van der Waals surface area contributed by atoms with E-state index >= 15 is 0 Å². The Morgan fingerprint density at radius 1 is 1.38 bits per heavy atom. The second-order valence-electron chi connectivity index (χ2n) is 3.88. The SMILES string of the molecule is COCCN1Cc2ccccc2N(C)C1=O. The first kappa shape index (κ1) is 11.0. The normalized spacial score (nSPS) is 15.2. The molecule has 0 atom stereocenters. The first-order valence-electron chi connectivity index (χ1n) is 5.33. The molecule has 2 amide bonds. The quantitative estimate of drug-likeness (QED) is 0.776. The van der Waals surface area contributed by atoms with Gasteiger partial charge in [0.1, 0.15) is 0 Å². The van der Waals surface area contributed by atoms with E-state index in [2.05, 4.69) is 6.07 Å². The van der Waals surface area contributed by atoms with Gasteiger partial charge in [-0.15, -0.1) is 0 Å². The van der Waals surface area contributed by atoms with E-state index in [1.807, 2.05) is 18.2 Å². The number of benzene rings is 1. The molecule has 1 aliphatic heterocycles. The maximum Gasteiger partial charge on any atom is 0.324 e. The molecule has 0 saturated carbocycles. The van der Waals surface area contributed by atoms with E-state index in [9.17, 15) is 4.79 Å². The van der Waals surface area contributed by atoms with E-state index in [-0.39, 0.29) is 6.03 Å². The number of nitrogens with zero attached hydrogens (tertiary/aromatic N) is 2. The number of rotatable bonds is 3. The summed E-state index contributed by atoms with van der Waals surface area (Å²) in [6.45, 7) is 1.87. The van der Waals surface area contributed by atoms with Crippen LogP contribution in [0.5, 0.6) is 0 Å². The molecule has 0 N–H and O–H groups in total. The molecule has 0 radical (unpaired) electrons. The fraction of sp³-hybridized carbons (Fsp3) is 0.417. The van der Waals surface area contributed by atoms with Crippen LogP contribution >= 0.6 is 0 Å². The van der Waals surface area contributed by atoms with Gasteiger partial charge in [-0.3, -0.25) is 4.90 Å². The minimum Gasteiger partial charge on any atom is -0.383 e. The van der Waals surface area contributed by atoms with Crippen LogP contribution in [-0.4, -0.2) is 38.2 Å². The summed E-state index contributed by atoms with van der Waals surface area (Å²) in [6, 6.07) is 8.01. The summed E-state index contributed by atoms with van der Waals surface area (Å²) in [4.78, 5) is 15.5. The maximum atomic E-state index is 12.0. The highest BCUT2D eigenvalue weighted by Gasteiger charge is 2.26. The van der Waals surface area contributed by atoms with Gasteiger partial charge < -0.3 is 9.64 Å². The second kappa shape index (κ2) is 4.53. The third kappa shape index (κ3) is 1.88. The molecular formula is C12H16N2O2. The standard InChI is InChI=1S/C12H16N2O2/c1-13-11-6-4-3-5-10(11)9-14(12(13)15)7-8-16-2/h3-6H,7-9H2,1-2H3.